The van der Waals surface area contributed by atoms with Gasteiger partial charge in [-0.1, -0.05) is 30.3 Å². The van der Waals surface area contributed by atoms with Gasteiger partial charge in [-0.2, -0.15) is 0 Å². The second-order valence-electron chi connectivity index (χ2n) is 8.49. The number of fused-ring (bicyclic) bond motifs is 1. The van der Waals surface area contributed by atoms with E-state index in [4.69, 9.17) is 14.2 Å². The molecule has 9 nitrogen and oxygen atoms in total. The molecule has 0 radical (unpaired) electrons. The van der Waals surface area contributed by atoms with Gasteiger partial charge in [0.05, 0.1) is 27.4 Å². The Morgan fingerprint density at radius 3 is 2.22 bits per heavy atom. The molecule has 1 amide bonds. The summed E-state index contributed by atoms with van der Waals surface area (Å²) in [6.45, 7) is 1.73. The monoisotopic (exact) mass is 520 g/mol. The van der Waals surface area contributed by atoms with Crippen molar-refractivity contribution in [3.63, 3.8) is 0 Å². The molecule has 1 heterocycles. The third-order valence-electron chi connectivity index (χ3n) is 6.28. The number of carbonyl (C=O) groups is 3. The number of hydrogen-bond acceptors (Lipinski definition) is 7. The number of hydrogen-bond donors (Lipinski definition) is 2. The zero-order chi connectivity index (χ0) is 25.5. The number of esters is 1. The minimum absolute atomic E-state index is 0. The van der Waals surface area contributed by atoms with Crippen molar-refractivity contribution in [2.75, 3.05) is 21.3 Å². The van der Waals surface area contributed by atoms with Crippen molar-refractivity contribution in [1.29, 1.82) is 0 Å². The quantitative estimate of drug-likeness (QED) is 0.459. The summed E-state index contributed by atoms with van der Waals surface area (Å²) in [4.78, 5) is 39.2. The normalized spacial score (nSPS) is 16.1. The zero-order valence-corrected chi connectivity index (χ0v) is 21.7. The van der Waals surface area contributed by atoms with Gasteiger partial charge in [-0.05, 0) is 48.6 Å². The van der Waals surface area contributed by atoms with E-state index in [1.54, 1.807) is 19.1 Å². The van der Waals surface area contributed by atoms with Crippen LogP contribution in [-0.4, -0.2) is 67.3 Å². The number of ether oxygens (including phenoxy) is 3. The summed E-state index contributed by atoms with van der Waals surface area (Å²) in [5, 5.41) is 12.9. The number of aliphatic carboxylic acids is 1. The van der Waals surface area contributed by atoms with Gasteiger partial charge in [0.15, 0.2) is 11.5 Å². The minimum atomic E-state index is -1.10. The maximum atomic E-state index is 13.4. The fraction of sp³-hybridized carbons (Fsp3) is 0.423. The Morgan fingerprint density at radius 1 is 1.06 bits per heavy atom. The van der Waals surface area contributed by atoms with E-state index in [-0.39, 0.29) is 25.4 Å². The molecule has 0 saturated carbocycles. The van der Waals surface area contributed by atoms with Crippen LogP contribution in [0.3, 0.4) is 0 Å². The number of carboxylic acid groups (broad SMARTS) is 1. The molecule has 196 valence electrons. The fourth-order valence-corrected chi connectivity index (χ4v) is 4.35. The Hall–Kier alpha value is -3.30. The van der Waals surface area contributed by atoms with Crippen molar-refractivity contribution in [2.45, 2.75) is 50.9 Å². The van der Waals surface area contributed by atoms with Gasteiger partial charge in [0.1, 0.15) is 12.1 Å². The van der Waals surface area contributed by atoms with Crippen molar-refractivity contribution in [1.82, 2.24) is 10.2 Å². The van der Waals surface area contributed by atoms with E-state index >= 15 is 0 Å². The van der Waals surface area contributed by atoms with Gasteiger partial charge in [0.25, 0.3) is 0 Å². The van der Waals surface area contributed by atoms with E-state index < -0.39 is 36.0 Å². The number of aryl methyl sites for hydroxylation is 1. The largest absolute Gasteiger partial charge is 0.493 e. The molecule has 0 aromatic heterocycles. The molecule has 0 saturated heterocycles. The van der Waals surface area contributed by atoms with Crippen molar-refractivity contribution < 1.29 is 33.7 Å². The lowest BCUT2D eigenvalue weighted by atomic mass is 9.92. The van der Waals surface area contributed by atoms with Crippen LogP contribution in [0.15, 0.2) is 42.5 Å². The molecule has 10 heteroatoms. The summed E-state index contributed by atoms with van der Waals surface area (Å²) in [5.41, 5.74) is 2.63. The molecule has 0 fully saturated rings. The molecular formula is C26H33ClN2O7. The first kappa shape index (κ1) is 28.9. The summed E-state index contributed by atoms with van der Waals surface area (Å²) < 4.78 is 15.6. The molecule has 2 aromatic carbocycles. The van der Waals surface area contributed by atoms with Crippen LogP contribution in [0.2, 0.25) is 0 Å². The number of methoxy groups -OCH3 is 3. The van der Waals surface area contributed by atoms with Crippen molar-refractivity contribution >= 4 is 30.3 Å². The van der Waals surface area contributed by atoms with Gasteiger partial charge in [-0.25, -0.2) is 4.79 Å². The number of halogens is 1. The number of nitrogens with one attached hydrogen (secondary N) is 1. The molecule has 0 bridgehead atoms. The average Bonchev–Trinajstić information content (AvgIpc) is 2.88. The van der Waals surface area contributed by atoms with E-state index in [9.17, 15) is 19.5 Å². The first-order valence-electron chi connectivity index (χ1n) is 11.4. The first-order valence-corrected chi connectivity index (χ1v) is 11.4. The highest BCUT2D eigenvalue weighted by molar-refractivity contribution is 5.88. The van der Waals surface area contributed by atoms with Crippen LogP contribution < -0.4 is 14.8 Å². The van der Waals surface area contributed by atoms with Gasteiger partial charge in [0, 0.05) is 13.0 Å². The number of amides is 1. The van der Waals surface area contributed by atoms with Crippen LogP contribution in [0.5, 0.6) is 11.5 Å². The second-order valence-corrected chi connectivity index (χ2v) is 8.49. The summed E-state index contributed by atoms with van der Waals surface area (Å²) in [5.74, 6) is -0.975. The molecule has 0 aliphatic carbocycles. The summed E-state index contributed by atoms with van der Waals surface area (Å²) in [6.07, 6.45) is 1.18. The molecule has 3 atom stereocenters. The molecular weight excluding hydrogens is 488 g/mol. The maximum Gasteiger partial charge on any atom is 0.326 e. The van der Waals surface area contributed by atoms with Crippen molar-refractivity contribution in [2.24, 2.45) is 0 Å². The third-order valence-corrected chi connectivity index (χ3v) is 6.28. The van der Waals surface area contributed by atoms with E-state index in [2.05, 4.69) is 5.32 Å². The molecule has 2 N–H and O–H groups in total. The summed E-state index contributed by atoms with van der Waals surface area (Å²) >= 11 is 0. The van der Waals surface area contributed by atoms with Gasteiger partial charge >= 0.3 is 11.9 Å². The van der Waals surface area contributed by atoms with Crippen LogP contribution in [0, 0.1) is 0 Å². The van der Waals surface area contributed by atoms with Gasteiger partial charge in [0.2, 0.25) is 5.91 Å². The Labute approximate surface area is 217 Å². The highest BCUT2D eigenvalue weighted by Gasteiger charge is 2.38. The predicted molar refractivity (Wildman–Crippen MR) is 136 cm³/mol. The predicted octanol–water partition coefficient (Wildman–Crippen LogP) is 2.62. The van der Waals surface area contributed by atoms with Gasteiger partial charge in [-0.3, -0.25) is 14.9 Å². The first-order chi connectivity index (χ1) is 16.8. The second kappa shape index (κ2) is 13.1. The minimum Gasteiger partial charge on any atom is -0.493 e. The highest BCUT2D eigenvalue weighted by Crippen LogP contribution is 2.35. The van der Waals surface area contributed by atoms with Crippen LogP contribution in [0.1, 0.15) is 30.0 Å². The molecule has 0 spiro atoms. The van der Waals surface area contributed by atoms with Crippen LogP contribution in [0.4, 0.5) is 0 Å². The topological polar surface area (TPSA) is 114 Å². The molecule has 36 heavy (non-hydrogen) atoms. The Balaban J connectivity index is 0.00000456. The van der Waals surface area contributed by atoms with Crippen LogP contribution >= 0.6 is 12.4 Å². The molecule has 0 unspecified atom stereocenters. The highest BCUT2D eigenvalue weighted by atomic mass is 35.5. The van der Waals surface area contributed by atoms with Gasteiger partial charge in [-0.15, -0.1) is 12.4 Å². The number of benzene rings is 2. The van der Waals surface area contributed by atoms with Gasteiger partial charge < -0.3 is 24.2 Å². The fourth-order valence-electron chi connectivity index (χ4n) is 4.35. The van der Waals surface area contributed by atoms with E-state index in [1.807, 2.05) is 30.3 Å². The Kier molecular flexibility index (Phi) is 10.6. The Bertz CT molecular complexity index is 1060. The lowest BCUT2D eigenvalue weighted by molar-refractivity contribution is -0.153. The van der Waals surface area contributed by atoms with Crippen molar-refractivity contribution in [3.8, 4) is 11.5 Å². The number of nitrogens with zero attached hydrogens (tertiary/aromatic N) is 1. The standard InChI is InChI=1S/C26H32N2O7.ClH/c1-16(27-20(26(32)35-4)11-10-17-8-6-5-7-9-17)24(29)28-15-19-14-23(34-3)22(33-2)13-18(19)12-21(28)25(30)31;/h5-9,13-14,16,20-21,27H,10-12,15H2,1-4H3,(H,30,31);1H/t16-,20-,21-;/m0./s1. The van der Waals surface area contributed by atoms with E-state index in [1.165, 1.54) is 26.2 Å². The number of rotatable bonds is 10. The molecule has 1 aliphatic heterocycles. The Morgan fingerprint density at radius 2 is 1.67 bits per heavy atom. The lowest BCUT2D eigenvalue weighted by Gasteiger charge is -2.37. The lowest BCUT2D eigenvalue weighted by Crippen LogP contribution is -2.56. The van der Waals surface area contributed by atoms with E-state index in [0.717, 1.165) is 16.7 Å². The summed E-state index contributed by atoms with van der Waals surface area (Å²) in [7, 11) is 4.33. The maximum absolute atomic E-state index is 13.4. The summed E-state index contributed by atoms with van der Waals surface area (Å²) in [6, 6.07) is 10.7. The molecule has 1 aliphatic rings. The zero-order valence-electron chi connectivity index (χ0n) is 20.9. The van der Waals surface area contributed by atoms with Crippen LogP contribution in [0.25, 0.3) is 0 Å². The number of carbonyl (C=O) groups excluding carboxylic acids is 2. The molecule has 3 rings (SSSR count). The molecule has 2 aromatic rings. The van der Waals surface area contributed by atoms with E-state index in [0.29, 0.717) is 24.3 Å². The number of carboxylic acids is 1. The SMILES string of the molecule is COC(=O)[C@H](CCc1ccccc1)N[C@@H](C)C(=O)N1Cc2cc(OC)c(OC)cc2C[C@H]1C(=O)O.Cl. The average molecular weight is 521 g/mol. The smallest absolute Gasteiger partial charge is 0.326 e. The van der Waals surface area contributed by atoms with Crippen LogP contribution in [-0.2, 0) is 38.5 Å². The van der Waals surface area contributed by atoms with Crippen molar-refractivity contribution in [3.05, 3.63) is 59.2 Å². The third kappa shape index (κ3) is 6.67.